The first-order chi connectivity index (χ1) is 13.2. The molecule has 0 aliphatic heterocycles. The van der Waals surface area contributed by atoms with Gasteiger partial charge in [0.1, 0.15) is 5.82 Å². The van der Waals surface area contributed by atoms with Crippen molar-refractivity contribution >= 4 is 45.7 Å². The average molecular weight is 534 g/mol. The van der Waals surface area contributed by atoms with Crippen LogP contribution in [0.5, 0.6) is 0 Å². The van der Waals surface area contributed by atoms with E-state index in [1.54, 1.807) is 31.3 Å². The highest BCUT2D eigenvalue weighted by Crippen LogP contribution is 2.14. The third-order valence-corrected chi connectivity index (χ3v) is 4.79. The highest BCUT2D eigenvalue weighted by atomic mass is 127. The normalized spacial score (nSPS) is 11.5. The third-order valence-electron chi connectivity index (χ3n) is 3.95. The van der Waals surface area contributed by atoms with Crippen molar-refractivity contribution in [3.05, 3.63) is 70.5 Å². The number of carbonyl (C=O) groups is 1. The first-order valence-corrected chi connectivity index (χ1v) is 10.5. The second-order valence-corrected chi connectivity index (χ2v) is 8.46. The maximum absolute atomic E-state index is 13.6. The van der Waals surface area contributed by atoms with Crippen LogP contribution in [0, 0.1) is 5.82 Å². The minimum atomic E-state index is -3.24. The van der Waals surface area contributed by atoms with Crippen molar-refractivity contribution in [1.82, 2.24) is 10.6 Å². The molecule has 0 fully saturated rings. The number of amides is 1. The van der Waals surface area contributed by atoms with E-state index in [0.29, 0.717) is 29.2 Å². The summed E-state index contributed by atoms with van der Waals surface area (Å²) < 4.78 is 36.7. The number of aliphatic imine (C=N–C) groups is 1. The Hall–Kier alpha value is -2.21. The number of sulfone groups is 1. The summed E-state index contributed by atoms with van der Waals surface area (Å²) in [4.78, 5) is 15.2. The van der Waals surface area contributed by atoms with Gasteiger partial charge in [-0.25, -0.2) is 12.8 Å². The minimum absolute atomic E-state index is 0. The summed E-state index contributed by atoms with van der Waals surface area (Å²) >= 11 is 0. The number of guanidine groups is 1. The molecule has 2 rings (SSSR count). The summed E-state index contributed by atoms with van der Waals surface area (Å²) in [5.41, 5.74) is 7.63. The van der Waals surface area contributed by atoms with Crippen LogP contribution >= 0.6 is 24.0 Å². The number of nitrogens with zero attached hydrogens (tertiary/aromatic N) is 1. The van der Waals surface area contributed by atoms with Crippen LogP contribution < -0.4 is 16.4 Å². The van der Waals surface area contributed by atoms with Crippen molar-refractivity contribution in [2.75, 3.05) is 13.3 Å². The van der Waals surface area contributed by atoms with E-state index in [-0.39, 0.29) is 36.3 Å². The Balaban J connectivity index is 0.00000420. The monoisotopic (exact) mass is 534 g/mol. The van der Waals surface area contributed by atoms with Crippen molar-refractivity contribution in [2.45, 2.75) is 18.8 Å². The SMILES string of the molecule is CN=C(NCc1ccc(C(N)=O)cc1)NCc1cc(F)ccc1CS(C)(=O)=O.I. The lowest BCUT2D eigenvalue weighted by Crippen LogP contribution is -2.36. The Labute approximate surface area is 186 Å². The fourth-order valence-corrected chi connectivity index (χ4v) is 3.40. The van der Waals surface area contributed by atoms with E-state index in [9.17, 15) is 17.6 Å². The van der Waals surface area contributed by atoms with E-state index in [0.717, 1.165) is 11.8 Å². The van der Waals surface area contributed by atoms with E-state index < -0.39 is 21.6 Å². The Kier molecular flexibility index (Phi) is 9.50. The Morgan fingerprint density at radius 3 is 2.24 bits per heavy atom. The lowest BCUT2D eigenvalue weighted by atomic mass is 10.1. The molecule has 1 amide bonds. The summed E-state index contributed by atoms with van der Waals surface area (Å²) in [6.07, 6.45) is 1.14. The second-order valence-electron chi connectivity index (χ2n) is 6.32. The van der Waals surface area contributed by atoms with E-state index in [4.69, 9.17) is 5.73 Å². The van der Waals surface area contributed by atoms with Crippen molar-refractivity contribution in [3.8, 4) is 0 Å². The lowest BCUT2D eigenvalue weighted by molar-refractivity contribution is 0.1000. The molecule has 4 N–H and O–H groups in total. The van der Waals surface area contributed by atoms with Crippen molar-refractivity contribution in [1.29, 1.82) is 0 Å². The van der Waals surface area contributed by atoms with Gasteiger partial charge in [-0.1, -0.05) is 18.2 Å². The predicted octanol–water partition coefficient (Wildman–Crippen LogP) is 1.95. The zero-order valence-corrected chi connectivity index (χ0v) is 19.3. The lowest BCUT2D eigenvalue weighted by Gasteiger charge is -2.14. The van der Waals surface area contributed by atoms with Crippen LogP contribution in [0.4, 0.5) is 4.39 Å². The molecule has 2 aromatic carbocycles. The van der Waals surface area contributed by atoms with E-state index >= 15 is 0 Å². The molecule has 29 heavy (non-hydrogen) atoms. The number of primary amides is 1. The van der Waals surface area contributed by atoms with Crippen LogP contribution in [0.2, 0.25) is 0 Å². The smallest absolute Gasteiger partial charge is 0.248 e. The number of hydrogen-bond acceptors (Lipinski definition) is 4. The van der Waals surface area contributed by atoms with Crippen LogP contribution in [0.3, 0.4) is 0 Å². The zero-order chi connectivity index (χ0) is 20.7. The molecule has 0 bridgehead atoms. The van der Waals surface area contributed by atoms with Crippen molar-refractivity contribution < 1.29 is 17.6 Å². The molecule has 0 unspecified atom stereocenters. The molecule has 0 aliphatic rings. The van der Waals surface area contributed by atoms with Crippen LogP contribution in [0.15, 0.2) is 47.5 Å². The summed E-state index contributed by atoms with van der Waals surface area (Å²) in [5, 5.41) is 6.14. The summed E-state index contributed by atoms with van der Waals surface area (Å²) in [5.74, 6) is -0.625. The highest BCUT2D eigenvalue weighted by molar-refractivity contribution is 14.0. The zero-order valence-electron chi connectivity index (χ0n) is 16.1. The first-order valence-electron chi connectivity index (χ1n) is 8.46. The van der Waals surface area contributed by atoms with E-state index in [1.165, 1.54) is 18.2 Å². The Bertz CT molecular complexity index is 979. The molecule has 2 aromatic rings. The van der Waals surface area contributed by atoms with Gasteiger partial charge in [-0.05, 0) is 41.0 Å². The molecule has 0 saturated carbocycles. The quantitative estimate of drug-likeness (QED) is 0.286. The Morgan fingerprint density at radius 1 is 1.07 bits per heavy atom. The molecule has 0 radical (unpaired) electrons. The number of nitrogens with two attached hydrogens (primary N) is 1. The Morgan fingerprint density at radius 2 is 1.69 bits per heavy atom. The molecule has 0 spiro atoms. The van der Waals surface area contributed by atoms with Crippen LogP contribution in [0.1, 0.15) is 27.0 Å². The third kappa shape index (κ3) is 8.36. The maximum Gasteiger partial charge on any atom is 0.248 e. The molecular weight excluding hydrogens is 510 g/mol. The number of halogens is 2. The molecule has 0 atom stereocenters. The fourth-order valence-electron chi connectivity index (χ4n) is 2.55. The minimum Gasteiger partial charge on any atom is -0.366 e. The van der Waals surface area contributed by atoms with Gasteiger partial charge in [0.2, 0.25) is 5.91 Å². The van der Waals surface area contributed by atoms with Crippen molar-refractivity contribution in [3.63, 3.8) is 0 Å². The van der Waals surface area contributed by atoms with Gasteiger partial charge in [-0.2, -0.15) is 0 Å². The second kappa shape index (κ2) is 11.1. The topological polar surface area (TPSA) is 114 Å². The largest absolute Gasteiger partial charge is 0.366 e. The summed E-state index contributed by atoms with van der Waals surface area (Å²) in [6, 6.07) is 10.9. The fraction of sp³-hybridized carbons (Fsp3) is 0.263. The number of carbonyl (C=O) groups excluding carboxylic acids is 1. The summed E-state index contributed by atoms with van der Waals surface area (Å²) in [7, 11) is -1.65. The van der Waals surface area contributed by atoms with Gasteiger partial charge in [0.15, 0.2) is 15.8 Å². The van der Waals surface area contributed by atoms with Crippen molar-refractivity contribution in [2.24, 2.45) is 10.7 Å². The molecule has 7 nitrogen and oxygen atoms in total. The molecular formula is C19H24FIN4O3S. The molecule has 158 valence electrons. The van der Waals surface area contributed by atoms with Gasteiger partial charge < -0.3 is 16.4 Å². The van der Waals surface area contributed by atoms with Gasteiger partial charge in [-0.3, -0.25) is 9.79 Å². The molecule has 0 heterocycles. The number of nitrogens with one attached hydrogen (secondary N) is 2. The molecule has 10 heteroatoms. The number of rotatable bonds is 7. The van der Waals surface area contributed by atoms with Gasteiger partial charge in [0.25, 0.3) is 0 Å². The predicted molar refractivity (Wildman–Crippen MR) is 122 cm³/mol. The maximum atomic E-state index is 13.6. The molecule has 0 aliphatic carbocycles. The van der Waals surface area contributed by atoms with Gasteiger partial charge in [0, 0.05) is 32.0 Å². The molecule has 0 saturated heterocycles. The number of benzene rings is 2. The summed E-state index contributed by atoms with van der Waals surface area (Å²) in [6.45, 7) is 0.654. The van der Waals surface area contributed by atoms with Crippen LogP contribution in [-0.4, -0.2) is 33.6 Å². The van der Waals surface area contributed by atoms with E-state index in [2.05, 4.69) is 15.6 Å². The molecule has 0 aromatic heterocycles. The standard InChI is InChI=1S/C19H23FN4O3S.HI/c1-22-19(23-10-13-3-5-14(6-4-13)18(21)25)24-11-16-9-17(20)8-7-15(16)12-28(2,26)27;/h3-9H,10-12H2,1-2H3,(H2,21,25)(H2,22,23,24);1H. The van der Waals surface area contributed by atoms with Crippen LogP contribution in [0.25, 0.3) is 0 Å². The van der Waals surface area contributed by atoms with E-state index in [1.807, 2.05) is 0 Å². The van der Waals surface area contributed by atoms with Crippen LogP contribution in [-0.2, 0) is 28.7 Å². The average Bonchev–Trinajstić information content (AvgIpc) is 2.63. The van der Waals surface area contributed by atoms with Gasteiger partial charge in [0.05, 0.1) is 5.75 Å². The number of hydrogen-bond donors (Lipinski definition) is 3. The highest BCUT2D eigenvalue weighted by Gasteiger charge is 2.11. The van der Waals surface area contributed by atoms with Gasteiger partial charge >= 0.3 is 0 Å². The van der Waals surface area contributed by atoms with Gasteiger partial charge in [-0.15, -0.1) is 24.0 Å². The first kappa shape index (κ1) is 24.8.